The fraction of sp³-hybridized carbons (Fsp3) is 0.333. The number of alkyl halides is 2. The number of carbonyl (C=O) groups is 1. The minimum atomic E-state index is -2.53. The highest BCUT2D eigenvalue weighted by Crippen LogP contribution is 2.32. The molecule has 1 saturated heterocycles. The van der Waals surface area contributed by atoms with Gasteiger partial charge >= 0.3 is 0 Å². The van der Waals surface area contributed by atoms with Gasteiger partial charge in [-0.2, -0.15) is 13.3 Å². The molecular formula is C18H18F2N6OS. The summed E-state index contributed by atoms with van der Waals surface area (Å²) in [5.41, 5.74) is 1.11. The van der Waals surface area contributed by atoms with Crippen LogP contribution in [0.2, 0.25) is 0 Å². The highest BCUT2D eigenvalue weighted by molar-refractivity contribution is 7.99. The predicted octanol–water partition coefficient (Wildman–Crippen LogP) is 3.29. The van der Waals surface area contributed by atoms with E-state index in [1.165, 1.54) is 0 Å². The van der Waals surface area contributed by atoms with Crippen LogP contribution in [0.25, 0.3) is 5.65 Å². The molecule has 2 aromatic heterocycles. The number of benzene rings is 1. The van der Waals surface area contributed by atoms with E-state index in [4.69, 9.17) is 0 Å². The summed E-state index contributed by atoms with van der Waals surface area (Å²) < 4.78 is 27.0. The molecule has 0 saturated carbocycles. The largest absolute Gasteiger partial charge is 0.355 e. The Hall–Kier alpha value is -2.75. The van der Waals surface area contributed by atoms with Crippen LogP contribution in [0.1, 0.15) is 12.8 Å². The first kappa shape index (κ1) is 18.6. The highest BCUT2D eigenvalue weighted by Gasteiger charge is 2.26. The van der Waals surface area contributed by atoms with Gasteiger partial charge in [0.1, 0.15) is 12.1 Å². The number of hydrogen-bond donors (Lipinski definition) is 1. The van der Waals surface area contributed by atoms with Crippen molar-refractivity contribution in [3.63, 3.8) is 0 Å². The van der Waals surface area contributed by atoms with E-state index in [0.717, 1.165) is 5.82 Å². The van der Waals surface area contributed by atoms with Crippen LogP contribution in [0.5, 0.6) is 0 Å². The van der Waals surface area contributed by atoms with Crippen molar-refractivity contribution in [2.75, 3.05) is 23.3 Å². The zero-order valence-corrected chi connectivity index (χ0v) is 15.6. The SMILES string of the molecule is O=C(Nc1ccccc1SC(F)F)C1CCN(c2ccc3nncn3n2)CC1. The molecule has 3 aromatic rings. The maximum atomic E-state index is 12.7. The number of thioether (sulfide) groups is 1. The second kappa shape index (κ2) is 8.09. The molecule has 4 rings (SSSR count). The molecular weight excluding hydrogens is 386 g/mol. The van der Waals surface area contributed by atoms with Crippen LogP contribution in [0.4, 0.5) is 20.3 Å². The molecule has 1 aliphatic rings. The molecule has 1 N–H and O–H groups in total. The number of amides is 1. The lowest BCUT2D eigenvalue weighted by molar-refractivity contribution is -0.120. The lowest BCUT2D eigenvalue weighted by Crippen LogP contribution is -2.38. The average Bonchev–Trinajstić information content (AvgIpc) is 3.17. The van der Waals surface area contributed by atoms with Gasteiger partial charge in [-0.1, -0.05) is 23.9 Å². The third-order valence-electron chi connectivity index (χ3n) is 4.70. The van der Waals surface area contributed by atoms with Gasteiger partial charge in [0.15, 0.2) is 5.65 Å². The van der Waals surface area contributed by atoms with Crippen molar-refractivity contribution in [2.45, 2.75) is 23.5 Å². The molecule has 1 amide bonds. The van der Waals surface area contributed by atoms with Gasteiger partial charge in [-0.15, -0.1) is 15.3 Å². The number of halogens is 2. The molecule has 1 aliphatic heterocycles. The van der Waals surface area contributed by atoms with Crippen LogP contribution in [0, 0.1) is 5.92 Å². The number of fused-ring (bicyclic) bond motifs is 1. The maximum absolute atomic E-state index is 12.7. The third kappa shape index (κ3) is 4.06. The lowest BCUT2D eigenvalue weighted by Gasteiger charge is -2.32. The predicted molar refractivity (Wildman–Crippen MR) is 103 cm³/mol. The molecule has 0 atom stereocenters. The zero-order valence-electron chi connectivity index (χ0n) is 14.8. The summed E-state index contributed by atoms with van der Waals surface area (Å²) >= 11 is 0.436. The number of piperidine rings is 1. The molecule has 146 valence electrons. The van der Waals surface area contributed by atoms with Crippen molar-refractivity contribution >= 4 is 34.8 Å². The maximum Gasteiger partial charge on any atom is 0.288 e. The van der Waals surface area contributed by atoms with E-state index in [0.29, 0.717) is 53.9 Å². The highest BCUT2D eigenvalue weighted by atomic mass is 32.2. The average molecular weight is 404 g/mol. The molecule has 0 radical (unpaired) electrons. The fourth-order valence-electron chi connectivity index (χ4n) is 3.26. The Kier molecular flexibility index (Phi) is 5.38. The molecule has 0 spiro atoms. The number of para-hydroxylation sites is 1. The standard InChI is InChI=1S/C18H18F2N6OS/c19-18(20)28-14-4-2-1-3-13(14)22-17(27)12-7-9-25(10-8-12)16-6-5-15-23-21-11-26(15)24-16/h1-6,11-12,18H,7-10H2,(H,22,27). The van der Waals surface area contributed by atoms with E-state index in [1.807, 2.05) is 12.1 Å². The van der Waals surface area contributed by atoms with Crippen molar-refractivity contribution in [3.8, 4) is 0 Å². The minimum Gasteiger partial charge on any atom is -0.355 e. The number of nitrogens with one attached hydrogen (secondary N) is 1. The number of aromatic nitrogens is 4. The van der Waals surface area contributed by atoms with E-state index in [-0.39, 0.29) is 11.8 Å². The summed E-state index contributed by atoms with van der Waals surface area (Å²) in [4.78, 5) is 15.1. The molecule has 0 bridgehead atoms. The van der Waals surface area contributed by atoms with Gasteiger partial charge in [0.25, 0.3) is 5.76 Å². The molecule has 0 unspecified atom stereocenters. The van der Waals surface area contributed by atoms with Gasteiger partial charge in [-0.05, 0) is 37.1 Å². The quantitative estimate of drug-likeness (QED) is 0.658. The van der Waals surface area contributed by atoms with E-state index in [9.17, 15) is 13.6 Å². The number of rotatable bonds is 5. The Balaban J connectivity index is 1.38. The number of nitrogens with zero attached hydrogens (tertiary/aromatic N) is 5. The Morgan fingerprint density at radius 3 is 2.75 bits per heavy atom. The van der Waals surface area contributed by atoms with Gasteiger partial charge in [0, 0.05) is 23.9 Å². The first-order chi connectivity index (χ1) is 13.6. The summed E-state index contributed by atoms with van der Waals surface area (Å²) in [5.74, 6) is -2.02. The first-order valence-electron chi connectivity index (χ1n) is 8.87. The molecule has 28 heavy (non-hydrogen) atoms. The number of hydrogen-bond acceptors (Lipinski definition) is 6. The summed E-state index contributed by atoms with van der Waals surface area (Å²) in [6, 6.07) is 10.4. The second-order valence-electron chi connectivity index (χ2n) is 6.45. The van der Waals surface area contributed by atoms with E-state index >= 15 is 0 Å². The summed E-state index contributed by atoms with van der Waals surface area (Å²) in [7, 11) is 0. The van der Waals surface area contributed by atoms with Gasteiger partial charge in [0.2, 0.25) is 5.91 Å². The smallest absolute Gasteiger partial charge is 0.288 e. The molecule has 3 heterocycles. The number of carbonyl (C=O) groups excluding carboxylic acids is 1. The van der Waals surface area contributed by atoms with Gasteiger partial charge in [0.05, 0.1) is 5.69 Å². The summed E-state index contributed by atoms with van der Waals surface area (Å²) in [6.07, 6.45) is 2.88. The van der Waals surface area contributed by atoms with Crippen molar-refractivity contribution in [1.29, 1.82) is 0 Å². The van der Waals surface area contributed by atoms with E-state index in [1.54, 1.807) is 35.1 Å². The normalized spacial score (nSPS) is 15.3. The van der Waals surface area contributed by atoms with Crippen molar-refractivity contribution < 1.29 is 13.6 Å². The third-order valence-corrected chi connectivity index (χ3v) is 5.49. The molecule has 1 aromatic carbocycles. The lowest BCUT2D eigenvalue weighted by atomic mass is 9.96. The molecule has 0 aliphatic carbocycles. The van der Waals surface area contributed by atoms with Crippen LogP contribution in [-0.2, 0) is 4.79 Å². The Labute approximate surface area is 164 Å². The van der Waals surface area contributed by atoms with Crippen molar-refractivity contribution in [1.82, 2.24) is 19.8 Å². The Bertz CT molecular complexity index is 973. The van der Waals surface area contributed by atoms with Crippen molar-refractivity contribution in [2.24, 2.45) is 5.92 Å². The summed E-state index contributed by atoms with van der Waals surface area (Å²) in [6.45, 7) is 1.37. The zero-order chi connectivity index (χ0) is 19.5. The van der Waals surface area contributed by atoms with Gasteiger partial charge in [-0.25, -0.2) is 0 Å². The van der Waals surface area contributed by atoms with Crippen LogP contribution in [-0.4, -0.2) is 44.6 Å². The molecule has 10 heteroatoms. The van der Waals surface area contributed by atoms with Crippen LogP contribution >= 0.6 is 11.8 Å². The van der Waals surface area contributed by atoms with E-state index < -0.39 is 5.76 Å². The van der Waals surface area contributed by atoms with Crippen LogP contribution < -0.4 is 10.2 Å². The van der Waals surface area contributed by atoms with E-state index in [2.05, 4.69) is 25.5 Å². The first-order valence-corrected chi connectivity index (χ1v) is 9.75. The molecule has 7 nitrogen and oxygen atoms in total. The monoisotopic (exact) mass is 404 g/mol. The fourth-order valence-corrected chi connectivity index (χ4v) is 3.86. The Morgan fingerprint density at radius 1 is 1.18 bits per heavy atom. The topological polar surface area (TPSA) is 75.4 Å². The number of anilines is 2. The Morgan fingerprint density at radius 2 is 1.96 bits per heavy atom. The van der Waals surface area contributed by atoms with Crippen LogP contribution in [0.3, 0.4) is 0 Å². The van der Waals surface area contributed by atoms with Crippen LogP contribution in [0.15, 0.2) is 47.6 Å². The summed E-state index contributed by atoms with van der Waals surface area (Å²) in [5, 5.41) is 15.0. The van der Waals surface area contributed by atoms with Gasteiger partial charge in [-0.3, -0.25) is 4.79 Å². The van der Waals surface area contributed by atoms with Gasteiger partial charge < -0.3 is 10.2 Å². The second-order valence-corrected chi connectivity index (χ2v) is 7.48. The minimum absolute atomic E-state index is 0.135. The van der Waals surface area contributed by atoms with Crippen molar-refractivity contribution in [3.05, 3.63) is 42.7 Å². The molecule has 1 fully saturated rings.